The van der Waals surface area contributed by atoms with Crippen LogP contribution in [0.25, 0.3) is 0 Å². The first-order chi connectivity index (χ1) is 8.89. The van der Waals surface area contributed by atoms with E-state index >= 15 is 0 Å². The van der Waals surface area contributed by atoms with Gasteiger partial charge in [-0.1, -0.05) is 27.7 Å². The summed E-state index contributed by atoms with van der Waals surface area (Å²) in [5.74, 6) is -0.286. The van der Waals surface area contributed by atoms with Crippen LogP contribution in [0.4, 0.5) is 0 Å². The maximum atomic E-state index is 12.3. The minimum atomic E-state index is -3.80. The third-order valence-corrected chi connectivity index (χ3v) is 5.72. The summed E-state index contributed by atoms with van der Waals surface area (Å²) < 4.78 is 24.1. The van der Waals surface area contributed by atoms with Crippen LogP contribution in [-0.4, -0.2) is 24.9 Å². The minimum absolute atomic E-state index is 0.0244. The summed E-state index contributed by atoms with van der Waals surface area (Å²) in [5.41, 5.74) is 0.334. The zero-order valence-corrected chi connectivity index (χ0v) is 13.2. The van der Waals surface area contributed by atoms with Gasteiger partial charge in [0.25, 0.3) is 5.91 Å². The van der Waals surface area contributed by atoms with Crippen LogP contribution in [0.1, 0.15) is 38.2 Å². The minimum Gasteiger partial charge on any atom is -0.347 e. The Bertz CT molecular complexity index is 657. The highest BCUT2D eigenvalue weighted by Crippen LogP contribution is 2.62. The second-order valence-corrected chi connectivity index (χ2v) is 8.13. The first kappa shape index (κ1) is 15.1. The summed E-state index contributed by atoms with van der Waals surface area (Å²) in [5, 5.41) is 8.03. The van der Waals surface area contributed by atoms with Crippen molar-refractivity contribution in [1.29, 1.82) is 0 Å². The van der Waals surface area contributed by atoms with Gasteiger partial charge in [-0.15, -0.1) is 0 Å². The topological polar surface area (TPSA) is 94.2 Å². The van der Waals surface area contributed by atoms with Crippen molar-refractivity contribution < 1.29 is 13.2 Å². The van der Waals surface area contributed by atoms with Gasteiger partial charge in [0, 0.05) is 19.3 Å². The zero-order chi connectivity index (χ0) is 15.5. The largest absolute Gasteiger partial charge is 0.347 e. The molecule has 1 aliphatic carbocycles. The van der Waals surface area contributed by atoms with Gasteiger partial charge in [-0.2, -0.15) is 0 Å². The fourth-order valence-corrected chi connectivity index (χ4v) is 3.26. The zero-order valence-electron chi connectivity index (χ0n) is 12.4. The number of carbonyl (C=O) groups is 1. The molecule has 1 saturated carbocycles. The van der Waals surface area contributed by atoms with Gasteiger partial charge in [0.2, 0.25) is 10.0 Å². The molecule has 1 aromatic rings. The molecular formula is C13H21N3O3S. The number of aryl methyl sites for hydroxylation is 1. The van der Waals surface area contributed by atoms with Crippen LogP contribution in [0.15, 0.2) is 17.2 Å². The average Bonchev–Trinajstić information content (AvgIpc) is 2.64. The number of hydrogen-bond donors (Lipinski definition) is 2. The van der Waals surface area contributed by atoms with Crippen molar-refractivity contribution in [3.63, 3.8) is 0 Å². The van der Waals surface area contributed by atoms with Crippen molar-refractivity contribution in [3.05, 3.63) is 18.0 Å². The lowest BCUT2D eigenvalue weighted by atomic mass is 10.0. The van der Waals surface area contributed by atoms with Crippen molar-refractivity contribution in [2.45, 2.75) is 38.6 Å². The van der Waals surface area contributed by atoms with E-state index in [4.69, 9.17) is 5.14 Å². The average molecular weight is 299 g/mol. The molecular weight excluding hydrogens is 278 g/mol. The normalized spacial score (nSPS) is 20.7. The van der Waals surface area contributed by atoms with E-state index in [0.29, 0.717) is 0 Å². The molecule has 1 fully saturated rings. The van der Waals surface area contributed by atoms with E-state index in [9.17, 15) is 13.2 Å². The highest BCUT2D eigenvalue weighted by atomic mass is 32.2. The molecule has 1 aromatic heterocycles. The van der Waals surface area contributed by atoms with E-state index in [2.05, 4.69) is 33.0 Å². The summed E-state index contributed by atoms with van der Waals surface area (Å²) in [4.78, 5) is 12.2. The smallest absolute Gasteiger partial charge is 0.268 e. The van der Waals surface area contributed by atoms with Crippen molar-refractivity contribution >= 4 is 15.9 Å². The second kappa shape index (κ2) is 4.08. The molecule has 0 saturated heterocycles. The van der Waals surface area contributed by atoms with E-state index in [1.54, 1.807) is 7.05 Å². The number of carbonyl (C=O) groups excluding carboxylic acids is 1. The van der Waals surface area contributed by atoms with Crippen LogP contribution in [0.5, 0.6) is 0 Å². The fraction of sp³-hybridized carbons (Fsp3) is 0.615. The maximum Gasteiger partial charge on any atom is 0.268 e. The number of amides is 1. The van der Waals surface area contributed by atoms with Crippen LogP contribution >= 0.6 is 0 Å². The molecule has 1 aliphatic rings. The predicted molar refractivity (Wildman–Crippen MR) is 75.6 cm³/mol. The van der Waals surface area contributed by atoms with Crippen LogP contribution in [0.2, 0.25) is 0 Å². The number of nitrogens with zero attached hydrogens (tertiary/aromatic N) is 1. The monoisotopic (exact) mass is 299 g/mol. The standard InChI is InChI=1S/C13H21N3O3S/c1-12(2)11(13(12,3)4)15-10(17)9-6-8(7-16(9)5)20(14,18)19/h6-7,11H,1-5H3,(H,15,17)(H2,14,18,19). The predicted octanol–water partition coefficient (Wildman–Crippen LogP) is 0.837. The van der Waals surface area contributed by atoms with Crippen LogP contribution in [0.3, 0.4) is 0 Å². The van der Waals surface area contributed by atoms with Crippen LogP contribution in [-0.2, 0) is 17.1 Å². The van der Waals surface area contributed by atoms with Crippen LogP contribution in [0, 0.1) is 10.8 Å². The van der Waals surface area contributed by atoms with Gasteiger partial charge in [-0.3, -0.25) is 4.79 Å². The highest BCUT2D eigenvalue weighted by Gasteiger charge is 2.65. The molecule has 0 aromatic carbocycles. The molecule has 7 heteroatoms. The molecule has 112 valence electrons. The quantitative estimate of drug-likeness (QED) is 0.865. The Hall–Kier alpha value is -1.34. The SMILES string of the molecule is Cn1cc(S(N)(=O)=O)cc1C(=O)NC1C(C)(C)C1(C)C. The van der Waals surface area contributed by atoms with Gasteiger partial charge in [-0.25, -0.2) is 13.6 Å². The lowest BCUT2D eigenvalue weighted by molar-refractivity contribution is 0.0935. The summed E-state index contributed by atoms with van der Waals surface area (Å²) in [6.45, 7) is 8.38. The first-order valence-electron chi connectivity index (χ1n) is 6.39. The third-order valence-electron chi connectivity index (χ3n) is 4.84. The lowest BCUT2D eigenvalue weighted by Gasteiger charge is -2.07. The molecule has 0 bridgehead atoms. The fourth-order valence-electron chi connectivity index (χ4n) is 2.68. The van der Waals surface area contributed by atoms with E-state index in [1.165, 1.54) is 16.8 Å². The lowest BCUT2D eigenvalue weighted by Crippen LogP contribution is -2.31. The van der Waals surface area contributed by atoms with E-state index in [0.717, 1.165) is 0 Å². The van der Waals surface area contributed by atoms with Gasteiger partial charge in [-0.05, 0) is 16.9 Å². The number of hydrogen-bond acceptors (Lipinski definition) is 3. The Labute approximate surface area is 119 Å². The molecule has 20 heavy (non-hydrogen) atoms. The van der Waals surface area contributed by atoms with Gasteiger partial charge >= 0.3 is 0 Å². The molecule has 0 spiro atoms. The molecule has 0 unspecified atom stereocenters. The van der Waals surface area contributed by atoms with Gasteiger partial charge in [0.1, 0.15) is 10.6 Å². The van der Waals surface area contributed by atoms with E-state index in [1.807, 2.05) is 0 Å². The Morgan fingerprint density at radius 1 is 1.30 bits per heavy atom. The molecule has 0 radical (unpaired) electrons. The maximum absolute atomic E-state index is 12.3. The first-order valence-corrected chi connectivity index (χ1v) is 7.93. The van der Waals surface area contributed by atoms with Crippen molar-refractivity contribution in [2.75, 3.05) is 0 Å². The molecule has 2 rings (SSSR count). The molecule has 1 amide bonds. The Morgan fingerprint density at radius 3 is 2.15 bits per heavy atom. The highest BCUT2D eigenvalue weighted by molar-refractivity contribution is 7.89. The number of rotatable bonds is 3. The van der Waals surface area contributed by atoms with Gasteiger partial charge in [0.15, 0.2) is 0 Å². The number of primary sulfonamides is 1. The van der Waals surface area contributed by atoms with Crippen molar-refractivity contribution in [3.8, 4) is 0 Å². The summed E-state index contributed by atoms with van der Waals surface area (Å²) >= 11 is 0. The Kier molecular flexibility index (Phi) is 3.07. The third kappa shape index (κ3) is 2.14. The molecule has 1 heterocycles. The number of aromatic nitrogens is 1. The number of nitrogens with one attached hydrogen (secondary N) is 1. The Morgan fingerprint density at radius 2 is 1.80 bits per heavy atom. The van der Waals surface area contributed by atoms with Crippen molar-refractivity contribution in [1.82, 2.24) is 9.88 Å². The molecule has 0 atom stereocenters. The molecule has 0 aliphatic heterocycles. The summed E-state index contributed by atoms with van der Waals surface area (Å²) in [6.07, 6.45) is 1.34. The summed E-state index contributed by atoms with van der Waals surface area (Å²) in [7, 11) is -2.18. The van der Waals surface area contributed by atoms with Crippen LogP contribution < -0.4 is 10.5 Å². The van der Waals surface area contributed by atoms with Crippen molar-refractivity contribution in [2.24, 2.45) is 23.0 Å². The molecule has 6 nitrogen and oxygen atoms in total. The molecule has 3 N–H and O–H groups in total. The Balaban J connectivity index is 2.22. The van der Waals surface area contributed by atoms with E-state index < -0.39 is 10.0 Å². The van der Waals surface area contributed by atoms with E-state index in [-0.39, 0.29) is 33.4 Å². The number of nitrogens with two attached hydrogens (primary N) is 1. The van der Waals surface area contributed by atoms with Gasteiger partial charge in [0.05, 0.1) is 0 Å². The summed E-state index contributed by atoms with van der Waals surface area (Å²) in [6, 6.07) is 1.36. The number of sulfonamides is 1. The van der Waals surface area contributed by atoms with Gasteiger partial charge < -0.3 is 9.88 Å². The second-order valence-electron chi connectivity index (χ2n) is 6.57.